The van der Waals surface area contributed by atoms with Gasteiger partial charge in [0.15, 0.2) is 0 Å². The molecule has 21 heavy (non-hydrogen) atoms. The standard InChI is InChI=1S/C16H15F2NO2/c17-12-6-7-15(18)14(9-12)16(21)19-13(10-20)8-11-4-2-1-3-5-11/h1-7,9,13,20H,8,10H2,(H,19,21)/t13-/m1/s1. The average molecular weight is 291 g/mol. The van der Waals surface area contributed by atoms with Gasteiger partial charge in [-0.05, 0) is 30.2 Å². The summed E-state index contributed by atoms with van der Waals surface area (Å²) in [4.78, 5) is 11.9. The lowest BCUT2D eigenvalue weighted by Gasteiger charge is -2.16. The van der Waals surface area contributed by atoms with Crippen LogP contribution in [0.4, 0.5) is 8.78 Å². The molecule has 5 heteroatoms. The SMILES string of the molecule is O=C(N[C@@H](CO)Cc1ccccc1)c1cc(F)ccc1F. The minimum Gasteiger partial charge on any atom is -0.394 e. The highest BCUT2D eigenvalue weighted by atomic mass is 19.1. The molecule has 110 valence electrons. The first-order valence-electron chi connectivity index (χ1n) is 6.51. The zero-order valence-corrected chi connectivity index (χ0v) is 11.2. The lowest BCUT2D eigenvalue weighted by molar-refractivity contribution is 0.0912. The van der Waals surface area contributed by atoms with E-state index in [0.29, 0.717) is 6.42 Å². The molecule has 2 aromatic carbocycles. The lowest BCUT2D eigenvalue weighted by Crippen LogP contribution is -2.39. The number of hydrogen-bond acceptors (Lipinski definition) is 2. The molecule has 0 fully saturated rings. The van der Waals surface area contributed by atoms with Crippen molar-refractivity contribution < 1.29 is 18.7 Å². The highest BCUT2D eigenvalue weighted by molar-refractivity contribution is 5.94. The number of carbonyl (C=O) groups excluding carboxylic acids is 1. The van der Waals surface area contributed by atoms with Crippen molar-refractivity contribution in [3.8, 4) is 0 Å². The zero-order chi connectivity index (χ0) is 15.2. The molecule has 1 amide bonds. The predicted octanol–water partition coefficient (Wildman–Crippen LogP) is 2.30. The van der Waals surface area contributed by atoms with Gasteiger partial charge < -0.3 is 10.4 Å². The van der Waals surface area contributed by atoms with Crippen LogP contribution in [-0.2, 0) is 6.42 Å². The Morgan fingerprint density at radius 3 is 2.52 bits per heavy atom. The van der Waals surface area contributed by atoms with Gasteiger partial charge in [0.1, 0.15) is 11.6 Å². The smallest absolute Gasteiger partial charge is 0.254 e. The fourth-order valence-electron chi connectivity index (χ4n) is 1.99. The summed E-state index contributed by atoms with van der Waals surface area (Å²) < 4.78 is 26.6. The van der Waals surface area contributed by atoms with Crippen LogP contribution in [0.5, 0.6) is 0 Å². The Morgan fingerprint density at radius 2 is 1.86 bits per heavy atom. The number of aliphatic hydroxyl groups is 1. The van der Waals surface area contributed by atoms with Gasteiger partial charge in [-0.1, -0.05) is 30.3 Å². The summed E-state index contributed by atoms with van der Waals surface area (Å²) in [6.45, 7) is -0.294. The molecule has 0 heterocycles. The van der Waals surface area contributed by atoms with Crippen molar-refractivity contribution >= 4 is 5.91 Å². The van der Waals surface area contributed by atoms with Crippen LogP contribution in [0.15, 0.2) is 48.5 Å². The largest absolute Gasteiger partial charge is 0.394 e. The predicted molar refractivity (Wildman–Crippen MR) is 74.8 cm³/mol. The summed E-state index contributed by atoms with van der Waals surface area (Å²) in [7, 11) is 0. The Kier molecular flexibility index (Phi) is 5.00. The molecule has 0 aromatic heterocycles. The molecular formula is C16H15F2NO2. The zero-order valence-electron chi connectivity index (χ0n) is 11.2. The van der Waals surface area contributed by atoms with E-state index in [-0.39, 0.29) is 12.2 Å². The van der Waals surface area contributed by atoms with E-state index in [9.17, 15) is 18.7 Å². The summed E-state index contributed by atoms with van der Waals surface area (Å²) in [5.74, 6) is -2.24. The maximum Gasteiger partial charge on any atom is 0.254 e. The normalized spacial score (nSPS) is 12.0. The van der Waals surface area contributed by atoms with Crippen LogP contribution >= 0.6 is 0 Å². The Balaban J connectivity index is 2.07. The Morgan fingerprint density at radius 1 is 1.14 bits per heavy atom. The van der Waals surface area contributed by atoms with Gasteiger partial charge in [-0.25, -0.2) is 8.78 Å². The average Bonchev–Trinajstić information content (AvgIpc) is 2.50. The number of hydrogen-bond donors (Lipinski definition) is 2. The first kappa shape index (κ1) is 15.1. The van der Waals surface area contributed by atoms with Gasteiger partial charge in [-0.3, -0.25) is 4.79 Å². The van der Waals surface area contributed by atoms with E-state index < -0.39 is 23.6 Å². The summed E-state index contributed by atoms with van der Waals surface area (Å²) in [5.41, 5.74) is 0.554. The van der Waals surface area contributed by atoms with E-state index in [2.05, 4.69) is 5.32 Å². The van der Waals surface area contributed by atoms with Crippen LogP contribution in [-0.4, -0.2) is 23.7 Å². The molecular weight excluding hydrogens is 276 g/mol. The van der Waals surface area contributed by atoms with E-state index in [1.165, 1.54) is 0 Å². The van der Waals surface area contributed by atoms with E-state index >= 15 is 0 Å². The van der Waals surface area contributed by atoms with Crippen LogP contribution in [0, 0.1) is 11.6 Å². The molecule has 3 nitrogen and oxygen atoms in total. The van der Waals surface area contributed by atoms with Crippen molar-refractivity contribution in [1.82, 2.24) is 5.32 Å². The van der Waals surface area contributed by atoms with Gasteiger partial charge >= 0.3 is 0 Å². The fourth-order valence-corrected chi connectivity index (χ4v) is 1.99. The number of carbonyl (C=O) groups is 1. The lowest BCUT2D eigenvalue weighted by atomic mass is 10.1. The second kappa shape index (κ2) is 6.95. The molecule has 0 aliphatic rings. The van der Waals surface area contributed by atoms with Crippen LogP contribution in [0.2, 0.25) is 0 Å². The Bertz CT molecular complexity index is 617. The molecule has 2 N–H and O–H groups in total. The Labute approximate surface area is 121 Å². The summed E-state index contributed by atoms with van der Waals surface area (Å²) in [5, 5.41) is 11.8. The highest BCUT2D eigenvalue weighted by Gasteiger charge is 2.17. The van der Waals surface area contributed by atoms with Gasteiger partial charge in [0, 0.05) is 0 Å². The molecule has 0 saturated carbocycles. The van der Waals surface area contributed by atoms with Gasteiger partial charge in [-0.2, -0.15) is 0 Å². The number of benzene rings is 2. The maximum atomic E-state index is 13.5. The molecule has 2 rings (SSSR count). The van der Waals surface area contributed by atoms with E-state index in [4.69, 9.17) is 0 Å². The van der Waals surface area contributed by atoms with Crippen LogP contribution < -0.4 is 5.32 Å². The monoisotopic (exact) mass is 291 g/mol. The molecule has 2 aromatic rings. The molecule has 1 atom stereocenters. The molecule has 0 unspecified atom stereocenters. The number of rotatable bonds is 5. The van der Waals surface area contributed by atoms with E-state index in [1.54, 1.807) is 0 Å². The third-order valence-corrected chi connectivity index (χ3v) is 3.05. The second-order valence-electron chi connectivity index (χ2n) is 4.67. The van der Waals surface area contributed by atoms with Gasteiger partial charge in [-0.15, -0.1) is 0 Å². The van der Waals surface area contributed by atoms with Gasteiger partial charge in [0.2, 0.25) is 0 Å². The minimum absolute atomic E-state index is 0.294. The molecule has 0 bridgehead atoms. The van der Waals surface area contributed by atoms with Crippen molar-refractivity contribution in [2.24, 2.45) is 0 Å². The van der Waals surface area contributed by atoms with Crippen molar-refractivity contribution in [2.75, 3.05) is 6.61 Å². The van der Waals surface area contributed by atoms with Crippen LogP contribution in [0.1, 0.15) is 15.9 Å². The first-order valence-corrected chi connectivity index (χ1v) is 6.51. The van der Waals surface area contributed by atoms with Crippen LogP contribution in [0.25, 0.3) is 0 Å². The van der Waals surface area contributed by atoms with Crippen molar-refractivity contribution in [1.29, 1.82) is 0 Å². The second-order valence-corrected chi connectivity index (χ2v) is 4.67. The molecule has 0 spiro atoms. The van der Waals surface area contributed by atoms with Crippen molar-refractivity contribution in [2.45, 2.75) is 12.5 Å². The number of halogens is 2. The van der Waals surface area contributed by atoms with Gasteiger partial charge in [0.25, 0.3) is 5.91 Å². The number of nitrogens with one attached hydrogen (secondary N) is 1. The minimum atomic E-state index is -0.801. The van der Waals surface area contributed by atoms with Crippen LogP contribution in [0.3, 0.4) is 0 Å². The van der Waals surface area contributed by atoms with Crippen molar-refractivity contribution in [3.05, 3.63) is 71.3 Å². The quantitative estimate of drug-likeness (QED) is 0.888. The number of aliphatic hydroxyl groups excluding tert-OH is 1. The van der Waals surface area contributed by atoms with E-state index in [0.717, 1.165) is 23.8 Å². The van der Waals surface area contributed by atoms with E-state index in [1.807, 2.05) is 30.3 Å². The van der Waals surface area contributed by atoms with Gasteiger partial charge in [0.05, 0.1) is 18.2 Å². The maximum absolute atomic E-state index is 13.5. The van der Waals surface area contributed by atoms with Crippen molar-refractivity contribution in [3.63, 3.8) is 0 Å². The molecule has 0 aliphatic heterocycles. The third-order valence-electron chi connectivity index (χ3n) is 3.05. The number of amides is 1. The summed E-state index contributed by atoms with van der Waals surface area (Å²) in [6.07, 6.45) is 0.403. The third kappa shape index (κ3) is 4.10. The molecule has 0 aliphatic carbocycles. The summed E-state index contributed by atoms with van der Waals surface area (Å²) in [6, 6.07) is 11.4. The fraction of sp³-hybridized carbons (Fsp3) is 0.188. The highest BCUT2D eigenvalue weighted by Crippen LogP contribution is 2.10. The molecule has 0 saturated heterocycles. The Hall–Kier alpha value is -2.27. The molecule has 0 radical (unpaired) electrons. The first-order chi connectivity index (χ1) is 10.1. The summed E-state index contributed by atoms with van der Waals surface area (Å²) >= 11 is 0. The topological polar surface area (TPSA) is 49.3 Å².